The van der Waals surface area contributed by atoms with Crippen molar-refractivity contribution in [2.45, 2.75) is 20.8 Å². The number of aryl methyl sites for hydroxylation is 1. The number of hydrogen-bond donors (Lipinski definition) is 0. The Balaban J connectivity index is 0.000000461. The molecule has 0 saturated heterocycles. The van der Waals surface area contributed by atoms with Gasteiger partial charge < -0.3 is 0 Å². The van der Waals surface area contributed by atoms with E-state index in [0.29, 0.717) is 11.5 Å². The SMILES string of the molecule is CC.Cc1ncnc2ccnc(=O)n12. The first-order chi connectivity index (χ1) is 6.79. The molecule has 0 atom stereocenters. The molecule has 0 aliphatic heterocycles. The van der Waals surface area contributed by atoms with Gasteiger partial charge in [0, 0.05) is 12.3 Å². The lowest BCUT2D eigenvalue weighted by molar-refractivity contribution is 0.866. The molecular formula is C9H12N4O. The van der Waals surface area contributed by atoms with Gasteiger partial charge in [0.2, 0.25) is 0 Å². The van der Waals surface area contributed by atoms with Crippen molar-refractivity contribution in [3.05, 3.63) is 34.9 Å². The van der Waals surface area contributed by atoms with Crippen LogP contribution in [0.25, 0.3) is 5.65 Å². The molecule has 0 bridgehead atoms. The van der Waals surface area contributed by atoms with Gasteiger partial charge in [0.1, 0.15) is 17.8 Å². The second-order valence-corrected chi connectivity index (χ2v) is 2.34. The summed E-state index contributed by atoms with van der Waals surface area (Å²) in [5.41, 5.74) is 0.230. The van der Waals surface area contributed by atoms with Crippen LogP contribution in [-0.4, -0.2) is 19.4 Å². The monoisotopic (exact) mass is 192 g/mol. The van der Waals surface area contributed by atoms with Crippen LogP contribution in [0.1, 0.15) is 19.7 Å². The minimum absolute atomic E-state index is 0.342. The van der Waals surface area contributed by atoms with Crippen LogP contribution in [0.15, 0.2) is 23.4 Å². The van der Waals surface area contributed by atoms with E-state index in [-0.39, 0.29) is 5.69 Å². The fourth-order valence-electron chi connectivity index (χ4n) is 1.03. The Bertz CT molecular complexity index is 472. The lowest BCUT2D eigenvalue weighted by atomic mass is 10.5. The smallest absolute Gasteiger partial charge is 0.245 e. The first kappa shape index (κ1) is 10.3. The van der Waals surface area contributed by atoms with Crippen molar-refractivity contribution in [2.75, 3.05) is 0 Å². The third-order valence-electron chi connectivity index (χ3n) is 1.59. The van der Waals surface area contributed by atoms with E-state index in [0.717, 1.165) is 0 Å². The van der Waals surface area contributed by atoms with E-state index in [1.54, 1.807) is 13.0 Å². The van der Waals surface area contributed by atoms with E-state index >= 15 is 0 Å². The summed E-state index contributed by atoms with van der Waals surface area (Å²) < 4.78 is 1.36. The Morgan fingerprint density at radius 3 is 2.57 bits per heavy atom. The molecule has 5 heteroatoms. The fraction of sp³-hybridized carbons (Fsp3) is 0.333. The Kier molecular flexibility index (Phi) is 3.28. The first-order valence-corrected chi connectivity index (χ1v) is 4.44. The molecule has 0 saturated carbocycles. The Labute approximate surface area is 81.5 Å². The van der Waals surface area contributed by atoms with Crippen LogP contribution in [0, 0.1) is 6.92 Å². The molecule has 0 aliphatic carbocycles. The minimum Gasteiger partial charge on any atom is -0.245 e. The van der Waals surface area contributed by atoms with Crippen molar-refractivity contribution in [1.29, 1.82) is 0 Å². The van der Waals surface area contributed by atoms with Crippen molar-refractivity contribution in [1.82, 2.24) is 19.4 Å². The van der Waals surface area contributed by atoms with E-state index < -0.39 is 0 Å². The van der Waals surface area contributed by atoms with Crippen molar-refractivity contribution < 1.29 is 0 Å². The molecule has 2 heterocycles. The van der Waals surface area contributed by atoms with Gasteiger partial charge in [0.15, 0.2) is 0 Å². The van der Waals surface area contributed by atoms with Crippen LogP contribution in [0.5, 0.6) is 0 Å². The Morgan fingerprint density at radius 2 is 1.93 bits per heavy atom. The molecule has 5 nitrogen and oxygen atoms in total. The molecule has 2 aromatic rings. The van der Waals surface area contributed by atoms with Crippen molar-refractivity contribution >= 4 is 5.65 Å². The van der Waals surface area contributed by atoms with Gasteiger partial charge in [-0.15, -0.1) is 0 Å². The molecule has 0 aliphatic rings. The van der Waals surface area contributed by atoms with Gasteiger partial charge in [0.05, 0.1) is 0 Å². The third kappa shape index (κ3) is 1.76. The Morgan fingerprint density at radius 1 is 1.21 bits per heavy atom. The summed E-state index contributed by atoms with van der Waals surface area (Å²) in [5.74, 6) is 0.595. The highest BCUT2D eigenvalue weighted by Gasteiger charge is 1.98. The number of aromatic nitrogens is 4. The highest BCUT2D eigenvalue weighted by atomic mass is 16.1. The zero-order chi connectivity index (χ0) is 10.6. The molecule has 0 amide bonds. The van der Waals surface area contributed by atoms with Crippen LogP contribution in [-0.2, 0) is 0 Å². The predicted octanol–water partition coefficient (Wildman–Crippen LogP) is 0.819. The van der Waals surface area contributed by atoms with Gasteiger partial charge in [-0.1, -0.05) is 13.8 Å². The molecule has 0 N–H and O–H groups in total. The second-order valence-electron chi connectivity index (χ2n) is 2.34. The van der Waals surface area contributed by atoms with Crippen molar-refractivity contribution in [3.8, 4) is 0 Å². The summed E-state index contributed by atoms with van der Waals surface area (Å²) in [6.45, 7) is 5.73. The summed E-state index contributed by atoms with van der Waals surface area (Å²) in [6, 6.07) is 1.66. The van der Waals surface area contributed by atoms with Crippen molar-refractivity contribution in [3.63, 3.8) is 0 Å². The Hall–Kier alpha value is -1.78. The molecule has 2 rings (SSSR count). The summed E-state index contributed by atoms with van der Waals surface area (Å²) in [4.78, 5) is 22.6. The number of nitrogens with zero attached hydrogens (tertiary/aromatic N) is 4. The maximum atomic E-state index is 11.2. The minimum atomic E-state index is -0.342. The van der Waals surface area contributed by atoms with Crippen LogP contribution >= 0.6 is 0 Å². The van der Waals surface area contributed by atoms with Gasteiger partial charge in [-0.25, -0.2) is 24.1 Å². The highest BCUT2D eigenvalue weighted by Crippen LogP contribution is 1.93. The highest BCUT2D eigenvalue weighted by molar-refractivity contribution is 5.34. The average Bonchev–Trinajstić information content (AvgIpc) is 2.21. The van der Waals surface area contributed by atoms with Gasteiger partial charge in [0.25, 0.3) is 0 Å². The zero-order valence-corrected chi connectivity index (χ0v) is 8.43. The summed E-state index contributed by atoms with van der Waals surface area (Å²) >= 11 is 0. The van der Waals surface area contributed by atoms with Gasteiger partial charge >= 0.3 is 5.69 Å². The van der Waals surface area contributed by atoms with Gasteiger partial charge in [-0.3, -0.25) is 0 Å². The van der Waals surface area contributed by atoms with Gasteiger partial charge in [-0.05, 0) is 6.92 Å². The standard InChI is InChI=1S/C7H6N4O.C2H6/c1-5-9-4-10-6-2-3-8-7(12)11(5)6;1-2/h2-4H,1H3;1-2H3. The second kappa shape index (κ2) is 4.45. The molecule has 0 radical (unpaired) electrons. The zero-order valence-electron chi connectivity index (χ0n) is 8.43. The largest absolute Gasteiger partial charge is 0.354 e. The van der Waals surface area contributed by atoms with E-state index in [2.05, 4.69) is 15.0 Å². The number of rotatable bonds is 0. The molecule has 0 unspecified atom stereocenters. The molecule has 0 aromatic carbocycles. The van der Waals surface area contributed by atoms with E-state index in [1.807, 2.05) is 13.8 Å². The lowest BCUT2D eigenvalue weighted by Gasteiger charge is -1.99. The van der Waals surface area contributed by atoms with Crippen LogP contribution in [0.2, 0.25) is 0 Å². The van der Waals surface area contributed by atoms with Crippen molar-refractivity contribution in [2.24, 2.45) is 0 Å². The molecule has 0 spiro atoms. The molecule has 14 heavy (non-hydrogen) atoms. The van der Waals surface area contributed by atoms with Gasteiger partial charge in [-0.2, -0.15) is 0 Å². The van der Waals surface area contributed by atoms with Crippen LogP contribution < -0.4 is 5.69 Å². The maximum Gasteiger partial charge on any atom is 0.354 e. The quantitative estimate of drug-likeness (QED) is 0.620. The first-order valence-electron chi connectivity index (χ1n) is 4.44. The summed E-state index contributed by atoms with van der Waals surface area (Å²) in [5, 5.41) is 0. The number of hydrogen-bond acceptors (Lipinski definition) is 4. The van der Waals surface area contributed by atoms with E-state index in [9.17, 15) is 4.79 Å². The van der Waals surface area contributed by atoms with Crippen LogP contribution in [0.3, 0.4) is 0 Å². The summed E-state index contributed by atoms with van der Waals surface area (Å²) in [7, 11) is 0. The molecular weight excluding hydrogens is 180 g/mol. The molecule has 0 fully saturated rings. The fourth-order valence-corrected chi connectivity index (χ4v) is 1.03. The maximum absolute atomic E-state index is 11.2. The molecule has 2 aromatic heterocycles. The third-order valence-corrected chi connectivity index (χ3v) is 1.59. The number of fused-ring (bicyclic) bond motifs is 1. The average molecular weight is 192 g/mol. The predicted molar refractivity (Wildman–Crippen MR) is 53.1 cm³/mol. The summed E-state index contributed by atoms with van der Waals surface area (Å²) in [6.07, 6.45) is 2.86. The lowest BCUT2D eigenvalue weighted by Crippen LogP contribution is -2.19. The topological polar surface area (TPSA) is 60.2 Å². The molecule has 74 valence electrons. The van der Waals surface area contributed by atoms with Crippen LogP contribution in [0.4, 0.5) is 0 Å². The van der Waals surface area contributed by atoms with E-state index in [1.165, 1.54) is 16.9 Å². The van der Waals surface area contributed by atoms with E-state index in [4.69, 9.17) is 0 Å². The normalized spacial score (nSPS) is 9.36.